The lowest BCUT2D eigenvalue weighted by Gasteiger charge is -2.27. The van der Waals surface area contributed by atoms with E-state index >= 15 is 0 Å². The van der Waals surface area contributed by atoms with Crippen molar-refractivity contribution in [1.29, 1.82) is 0 Å². The van der Waals surface area contributed by atoms with Gasteiger partial charge in [-0.3, -0.25) is 10.1 Å². The molecule has 0 unspecified atom stereocenters. The summed E-state index contributed by atoms with van der Waals surface area (Å²) in [6, 6.07) is 3.50. The molecule has 0 saturated carbocycles. The first-order chi connectivity index (χ1) is 11.4. The predicted molar refractivity (Wildman–Crippen MR) is 88.8 cm³/mol. The Morgan fingerprint density at radius 1 is 1.38 bits per heavy atom. The van der Waals surface area contributed by atoms with Crippen LogP contribution in [0.4, 0.5) is 5.69 Å². The Bertz CT molecular complexity index is 674. The summed E-state index contributed by atoms with van der Waals surface area (Å²) in [7, 11) is -2.46. The third-order valence-corrected chi connectivity index (χ3v) is 5.27. The number of sulfonamides is 1. The van der Waals surface area contributed by atoms with Crippen molar-refractivity contribution >= 4 is 15.7 Å². The summed E-state index contributed by atoms with van der Waals surface area (Å²) in [6.07, 6.45) is 0.698. The minimum atomic E-state index is -3.72. The monoisotopic (exact) mass is 358 g/mol. The highest BCUT2D eigenvalue weighted by atomic mass is 32.2. The first-order valence-electron chi connectivity index (χ1n) is 7.69. The van der Waals surface area contributed by atoms with Crippen molar-refractivity contribution < 1.29 is 18.1 Å². The van der Waals surface area contributed by atoms with Crippen LogP contribution in [0.25, 0.3) is 0 Å². The molecule has 24 heavy (non-hydrogen) atoms. The molecule has 134 valence electrons. The maximum atomic E-state index is 12.3. The maximum Gasteiger partial charge on any atom is 0.310 e. The van der Waals surface area contributed by atoms with Crippen LogP contribution in [-0.4, -0.2) is 64.6 Å². The molecule has 0 amide bonds. The number of rotatable bonds is 8. The molecule has 1 heterocycles. The van der Waals surface area contributed by atoms with Gasteiger partial charge in [0.1, 0.15) is 0 Å². The molecule has 0 atom stereocenters. The van der Waals surface area contributed by atoms with E-state index in [0.717, 1.165) is 44.9 Å². The number of benzene rings is 1. The lowest BCUT2D eigenvalue weighted by molar-refractivity contribution is -0.385. The lowest BCUT2D eigenvalue weighted by Crippen LogP contribution is -2.44. The Balaban J connectivity index is 1.93. The molecule has 0 aliphatic carbocycles. The molecule has 1 aliphatic heterocycles. The topological polar surface area (TPSA) is 114 Å². The number of hydrogen-bond donors (Lipinski definition) is 2. The highest BCUT2D eigenvalue weighted by molar-refractivity contribution is 7.89. The Kier molecular flexibility index (Phi) is 6.49. The van der Waals surface area contributed by atoms with Crippen molar-refractivity contribution in [1.82, 2.24) is 14.9 Å². The van der Waals surface area contributed by atoms with E-state index in [0.29, 0.717) is 13.0 Å². The van der Waals surface area contributed by atoms with Crippen molar-refractivity contribution in [2.45, 2.75) is 11.3 Å². The van der Waals surface area contributed by atoms with Gasteiger partial charge in [0.05, 0.1) is 16.9 Å². The van der Waals surface area contributed by atoms with Gasteiger partial charge in [-0.05, 0) is 19.0 Å². The van der Waals surface area contributed by atoms with E-state index < -0.39 is 14.9 Å². The van der Waals surface area contributed by atoms with E-state index in [1.54, 1.807) is 0 Å². The average molecular weight is 358 g/mol. The quantitative estimate of drug-likeness (QED) is 0.387. The summed E-state index contributed by atoms with van der Waals surface area (Å²) < 4.78 is 32.0. The average Bonchev–Trinajstić information content (AvgIpc) is 2.59. The normalized spacial score (nSPS) is 16.0. The smallest absolute Gasteiger partial charge is 0.310 e. The van der Waals surface area contributed by atoms with Gasteiger partial charge in [0.25, 0.3) is 0 Å². The number of piperazine rings is 1. The number of hydrogen-bond acceptors (Lipinski definition) is 7. The molecular weight excluding hydrogens is 336 g/mol. The van der Waals surface area contributed by atoms with Crippen molar-refractivity contribution in [3.63, 3.8) is 0 Å². The van der Waals surface area contributed by atoms with Crippen molar-refractivity contribution in [3.05, 3.63) is 28.3 Å². The van der Waals surface area contributed by atoms with E-state index in [-0.39, 0.29) is 16.3 Å². The van der Waals surface area contributed by atoms with Gasteiger partial charge in [-0.15, -0.1) is 0 Å². The number of methoxy groups -OCH3 is 1. The van der Waals surface area contributed by atoms with Gasteiger partial charge >= 0.3 is 5.69 Å². The highest BCUT2D eigenvalue weighted by Crippen LogP contribution is 2.29. The Morgan fingerprint density at radius 3 is 2.71 bits per heavy atom. The Morgan fingerprint density at radius 2 is 2.08 bits per heavy atom. The minimum Gasteiger partial charge on any atom is -0.490 e. The second kappa shape index (κ2) is 8.38. The summed E-state index contributed by atoms with van der Waals surface area (Å²) in [6.45, 7) is 4.97. The van der Waals surface area contributed by atoms with Crippen molar-refractivity contribution in [2.24, 2.45) is 0 Å². The molecule has 0 bridgehead atoms. The molecule has 1 aromatic carbocycles. The molecule has 9 nitrogen and oxygen atoms in total. The molecule has 1 fully saturated rings. The summed E-state index contributed by atoms with van der Waals surface area (Å²) in [5.74, 6) is -0.0799. The van der Waals surface area contributed by atoms with Gasteiger partial charge in [-0.2, -0.15) is 0 Å². The Hall–Kier alpha value is -1.75. The minimum absolute atomic E-state index is 0.0490. The maximum absolute atomic E-state index is 12.3. The van der Waals surface area contributed by atoms with Gasteiger partial charge < -0.3 is 15.0 Å². The fraction of sp³-hybridized carbons (Fsp3) is 0.571. The standard InChI is InChI=1S/C14H22N4O5S/c1-23-14-11-12(3-4-13(14)18(19)20)24(21,22)16-5-2-8-17-9-6-15-7-10-17/h3-4,11,15-16H,2,5-10H2,1H3. The molecule has 0 aromatic heterocycles. The third kappa shape index (κ3) is 4.87. The van der Waals surface area contributed by atoms with E-state index in [2.05, 4.69) is 14.9 Å². The van der Waals surface area contributed by atoms with E-state index in [9.17, 15) is 18.5 Å². The first kappa shape index (κ1) is 18.6. The lowest BCUT2D eigenvalue weighted by atomic mass is 10.3. The van der Waals surface area contributed by atoms with E-state index in [4.69, 9.17) is 4.74 Å². The molecule has 2 rings (SSSR count). The molecule has 1 aromatic rings. The molecule has 0 radical (unpaired) electrons. The van der Waals surface area contributed by atoms with Crippen LogP contribution in [0.5, 0.6) is 5.75 Å². The van der Waals surface area contributed by atoms with Crippen LogP contribution in [0.1, 0.15) is 6.42 Å². The van der Waals surface area contributed by atoms with Crippen LogP contribution in [0.15, 0.2) is 23.1 Å². The summed E-state index contributed by atoms with van der Waals surface area (Å²) in [5.41, 5.74) is -0.268. The van der Waals surface area contributed by atoms with Gasteiger partial charge in [0, 0.05) is 44.9 Å². The zero-order valence-electron chi connectivity index (χ0n) is 13.5. The fourth-order valence-corrected chi connectivity index (χ4v) is 3.59. The van der Waals surface area contributed by atoms with Crippen LogP contribution >= 0.6 is 0 Å². The number of nitro benzene ring substituents is 1. The van der Waals surface area contributed by atoms with Gasteiger partial charge in [0.2, 0.25) is 10.0 Å². The van der Waals surface area contributed by atoms with Crippen molar-refractivity contribution in [3.8, 4) is 5.75 Å². The zero-order chi connectivity index (χ0) is 17.6. The summed E-state index contributed by atoms with van der Waals surface area (Å²) in [5, 5.41) is 14.1. The third-order valence-electron chi connectivity index (χ3n) is 3.81. The van der Waals surface area contributed by atoms with Crippen LogP contribution in [-0.2, 0) is 10.0 Å². The predicted octanol–water partition coefficient (Wildman–Crippen LogP) is 0.177. The summed E-state index contributed by atoms with van der Waals surface area (Å²) >= 11 is 0. The number of nitro groups is 1. The SMILES string of the molecule is COc1cc(S(=O)(=O)NCCCN2CCNCC2)ccc1[N+](=O)[O-]. The zero-order valence-corrected chi connectivity index (χ0v) is 14.3. The Labute approximate surface area is 141 Å². The highest BCUT2D eigenvalue weighted by Gasteiger charge is 2.21. The molecule has 10 heteroatoms. The van der Waals surface area contributed by atoms with Crippen LogP contribution in [0, 0.1) is 10.1 Å². The number of nitrogens with one attached hydrogen (secondary N) is 2. The second-order valence-electron chi connectivity index (χ2n) is 5.43. The van der Waals surface area contributed by atoms with E-state index in [1.807, 2.05) is 0 Å². The van der Waals surface area contributed by atoms with Crippen molar-refractivity contribution in [2.75, 3.05) is 46.4 Å². The van der Waals surface area contributed by atoms with Crippen LogP contribution in [0.2, 0.25) is 0 Å². The van der Waals surface area contributed by atoms with E-state index in [1.165, 1.54) is 13.2 Å². The second-order valence-corrected chi connectivity index (χ2v) is 7.20. The molecular formula is C14H22N4O5S. The van der Waals surface area contributed by atoms with Crippen LogP contribution < -0.4 is 14.8 Å². The van der Waals surface area contributed by atoms with Gasteiger partial charge in [0.15, 0.2) is 5.75 Å². The molecule has 1 aliphatic rings. The largest absolute Gasteiger partial charge is 0.490 e. The molecule has 0 spiro atoms. The number of nitrogens with zero attached hydrogens (tertiary/aromatic N) is 2. The fourth-order valence-electron chi connectivity index (χ4n) is 2.50. The summed E-state index contributed by atoms with van der Waals surface area (Å²) in [4.78, 5) is 12.5. The number of ether oxygens (including phenoxy) is 1. The van der Waals surface area contributed by atoms with Gasteiger partial charge in [-0.1, -0.05) is 0 Å². The molecule has 2 N–H and O–H groups in total. The molecule has 1 saturated heterocycles. The van der Waals surface area contributed by atoms with Crippen LogP contribution in [0.3, 0.4) is 0 Å². The first-order valence-corrected chi connectivity index (χ1v) is 9.17. The van der Waals surface area contributed by atoms with Gasteiger partial charge in [-0.25, -0.2) is 13.1 Å².